The number of phenols is 1. The van der Waals surface area contributed by atoms with E-state index < -0.39 is 64.8 Å². The van der Waals surface area contributed by atoms with Crippen LogP contribution in [0.1, 0.15) is 56.8 Å². The van der Waals surface area contributed by atoms with Crippen molar-refractivity contribution >= 4 is 29.3 Å². The Hall–Kier alpha value is -3.76. The largest absolute Gasteiger partial charge is 0.506 e. The first-order chi connectivity index (χ1) is 21.7. The quantitative estimate of drug-likeness (QED) is 0.325. The summed E-state index contributed by atoms with van der Waals surface area (Å²) >= 11 is 5.95. The van der Waals surface area contributed by atoms with Crippen LogP contribution in [-0.4, -0.2) is 52.2 Å². The molecule has 1 unspecified atom stereocenters. The SMILES string of the molecule is C[C@@H]1C[C@H]2[C@@H]3CCC4=CC(=O)C=C[C@]4(C)[C@@]3(F)C(O)C[C@]2(C)[C@@]1(OC(=O)c1ccc(Oc2ccc(O)c(Cl)c2)cc1)C(=O)OCF. The number of carbonyl (C=O) groups excluding carboxylic acids is 3. The van der Waals surface area contributed by atoms with Gasteiger partial charge in [0.15, 0.2) is 11.5 Å². The predicted octanol–water partition coefficient (Wildman–Crippen LogP) is 6.82. The second-order valence-corrected chi connectivity index (χ2v) is 13.7. The van der Waals surface area contributed by atoms with E-state index in [1.807, 2.05) is 0 Å². The Labute approximate surface area is 270 Å². The van der Waals surface area contributed by atoms with Crippen LogP contribution in [0.15, 0.2) is 66.3 Å². The molecule has 0 aromatic heterocycles. The van der Waals surface area contributed by atoms with E-state index in [4.69, 9.17) is 25.8 Å². The van der Waals surface area contributed by atoms with Crippen LogP contribution in [0.4, 0.5) is 8.78 Å². The molecule has 4 aliphatic carbocycles. The maximum atomic E-state index is 17.6. The molecular weight excluding hydrogens is 622 g/mol. The van der Waals surface area contributed by atoms with Crippen LogP contribution in [0.25, 0.3) is 0 Å². The lowest BCUT2D eigenvalue weighted by molar-refractivity contribution is -0.229. The third kappa shape index (κ3) is 4.51. The number of esters is 2. The molecule has 2 aromatic carbocycles. The first-order valence-electron chi connectivity index (χ1n) is 15.3. The minimum Gasteiger partial charge on any atom is -0.506 e. The van der Waals surface area contributed by atoms with Crippen LogP contribution in [0.3, 0.4) is 0 Å². The van der Waals surface area contributed by atoms with Crippen LogP contribution >= 0.6 is 11.6 Å². The minimum atomic E-state index is -2.17. The Bertz CT molecular complexity index is 1660. The lowest BCUT2D eigenvalue weighted by Gasteiger charge is -2.62. The molecule has 11 heteroatoms. The molecule has 3 fully saturated rings. The summed E-state index contributed by atoms with van der Waals surface area (Å²) in [7, 11) is 0. The Morgan fingerprint density at radius 2 is 1.78 bits per heavy atom. The number of hydrogen-bond acceptors (Lipinski definition) is 8. The highest BCUT2D eigenvalue weighted by atomic mass is 35.5. The number of alkyl halides is 2. The first kappa shape index (κ1) is 32.2. The van der Waals surface area contributed by atoms with Gasteiger partial charge in [0.25, 0.3) is 0 Å². The number of hydrogen-bond donors (Lipinski definition) is 2. The molecule has 0 radical (unpaired) electrons. The number of ketones is 1. The van der Waals surface area contributed by atoms with Crippen molar-refractivity contribution in [1.82, 2.24) is 0 Å². The molecule has 0 heterocycles. The van der Waals surface area contributed by atoms with Crippen molar-refractivity contribution in [3.05, 3.63) is 76.9 Å². The number of phenolic OH excluding ortho intramolecular Hbond substituents is 1. The van der Waals surface area contributed by atoms with Crippen LogP contribution in [-0.2, 0) is 19.1 Å². The van der Waals surface area contributed by atoms with Gasteiger partial charge in [-0.1, -0.05) is 37.1 Å². The zero-order chi connectivity index (χ0) is 33.2. The molecule has 6 rings (SSSR count). The molecule has 4 aliphatic rings. The second-order valence-electron chi connectivity index (χ2n) is 13.3. The maximum absolute atomic E-state index is 17.6. The minimum absolute atomic E-state index is 0.0657. The summed E-state index contributed by atoms with van der Waals surface area (Å²) in [6.07, 6.45) is 3.42. The lowest BCUT2D eigenvalue weighted by Crippen LogP contribution is -2.70. The molecular formula is C35H35ClF2O8. The average molecular weight is 657 g/mol. The molecule has 0 aliphatic heterocycles. The number of aliphatic hydroxyl groups excluding tert-OH is 1. The van der Waals surface area contributed by atoms with Gasteiger partial charge >= 0.3 is 11.9 Å². The van der Waals surface area contributed by atoms with E-state index in [0.29, 0.717) is 29.9 Å². The van der Waals surface area contributed by atoms with E-state index >= 15 is 4.39 Å². The molecule has 8 atom stereocenters. The summed E-state index contributed by atoms with van der Waals surface area (Å²) in [5, 5.41) is 21.4. The Morgan fingerprint density at radius 1 is 1.09 bits per heavy atom. The fraction of sp³-hybridized carbons (Fsp3) is 0.457. The fourth-order valence-corrected chi connectivity index (χ4v) is 9.10. The smallest absolute Gasteiger partial charge is 0.353 e. The molecule has 0 spiro atoms. The van der Waals surface area contributed by atoms with Gasteiger partial charge in [0.1, 0.15) is 17.2 Å². The highest BCUT2D eigenvalue weighted by Crippen LogP contribution is 2.71. The molecule has 244 valence electrons. The summed E-state index contributed by atoms with van der Waals surface area (Å²) in [4.78, 5) is 39.6. The number of rotatable bonds is 6. The van der Waals surface area contributed by atoms with Gasteiger partial charge in [0.2, 0.25) is 12.5 Å². The molecule has 2 aromatic rings. The van der Waals surface area contributed by atoms with Crippen molar-refractivity contribution in [3.63, 3.8) is 0 Å². The van der Waals surface area contributed by atoms with Crippen molar-refractivity contribution < 1.29 is 47.6 Å². The molecule has 0 bridgehead atoms. The van der Waals surface area contributed by atoms with Gasteiger partial charge in [-0.25, -0.2) is 18.4 Å². The van der Waals surface area contributed by atoms with Gasteiger partial charge in [-0.3, -0.25) is 4.79 Å². The number of ether oxygens (including phenoxy) is 3. The van der Waals surface area contributed by atoms with Crippen LogP contribution in [0.5, 0.6) is 17.2 Å². The average Bonchev–Trinajstić information content (AvgIpc) is 3.22. The zero-order valence-electron chi connectivity index (χ0n) is 25.6. The van der Waals surface area contributed by atoms with Crippen LogP contribution in [0, 0.1) is 28.6 Å². The Morgan fingerprint density at radius 3 is 2.46 bits per heavy atom. The highest BCUT2D eigenvalue weighted by Gasteiger charge is 2.78. The molecule has 0 saturated heterocycles. The number of allylic oxidation sites excluding steroid dienone is 4. The summed E-state index contributed by atoms with van der Waals surface area (Å²) in [5.41, 5.74) is -6.08. The first-order valence-corrected chi connectivity index (χ1v) is 15.6. The van der Waals surface area contributed by atoms with Crippen molar-refractivity contribution in [2.24, 2.45) is 28.6 Å². The Kier molecular flexibility index (Phi) is 7.83. The van der Waals surface area contributed by atoms with Crippen LogP contribution < -0.4 is 4.74 Å². The van der Waals surface area contributed by atoms with E-state index in [1.54, 1.807) is 20.8 Å². The summed E-state index contributed by atoms with van der Waals surface area (Å²) in [6.45, 7) is 3.61. The summed E-state index contributed by atoms with van der Waals surface area (Å²) in [5.74, 6) is -3.63. The van der Waals surface area contributed by atoms with E-state index in [2.05, 4.69) is 0 Å². The second kappa shape index (κ2) is 11.2. The number of aliphatic hydroxyl groups is 1. The zero-order valence-corrected chi connectivity index (χ0v) is 26.4. The number of benzene rings is 2. The topological polar surface area (TPSA) is 119 Å². The number of aromatic hydroxyl groups is 1. The summed E-state index contributed by atoms with van der Waals surface area (Å²) in [6, 6.07) is 10.2. The molecule has 3 saturated carbocycles. The van der Waals surface area contributed by atoms with E-state index in [0.717, 1.165) is 0 Å². The van der Waals surface area contributed by atoms with E-state index in [1.165, 1.54) is 60.7 Å². The standard InChI is InChI=1S/C35H35ClF2O8/c1-19-14-26-25-10-6-21-15-22(39)12-13-32(21,2)34(25,38)29(41)17-33(26,3)35(19,31(43)44-18-37)46-30(42)20-4-7-23(8-5-20)45-24-9-11-28(40)27(36)16-24/h4-5,7-9,11-13,15-16,19,25-26,29,40-41H,6,10,14,17-18H2,1-3H3/t19-,25+,26+,29?,32+,33+,34+,35+/m1/s1. The fourth-order valence-electron chi connectivity index (χ4n) is 8.93. The van der Waals surface area contributed by atoms with Gasteiger partial charge in [-0.05, 0) is 87.1 Å². The van der Waals surface area contributed by atoms with E-state index in [-0.39, 0.29) is 35.0 Å². The normalized spacial score (nSPS) is 36.2. The van der Waals surface area contributed by atoms with Crippen molar-refractivity contribution in [2.75, 3.05) is 6.86 Å². The van der Waals surface area contributed by atoms with Gasteiger partial charge in [-0.15, -0.1) is 0 Å². The number of halogens is 3. The monoisotopic (exact) mass is 656 g/mol. The van der Waals surface area contributed by atoms with Gasteiger partial charge in [0, 0.05) is 28.7 Å². The van der Waals surface area contributed by atoms with Crippen molar-refractivity contribution in [2.45, 2.75) is 63.8 Å². The Balaban J connectivity index is 1.33. The number of carbonyl (C=O) groups is 3. The van der Waals surface area contributed by atoms with Gasteiger partial charge in [-0.2, -0.15) is 0 Å². The molecule has 8 nitrogen and oxygen atoms in total. The third-order valence-corrected chi connectivity index (χ3v) is 11.5. The number of fused-ring (bicyclic) bond motifs is 5. The predicted molar refractivity (Wildman–Crippen MR) is 163 cm³/mol. The lowest BCUT2D eigenvalue weighted by atomic mass is 9.44. The highest BCUT2D eigenvalue weighted by molar-refractivity contribution is 6.32. The maximum Gasteiger partial charge on any atom is 0.353 e. The van der Waals surface area contributed by atoms with Crippen molar-refractivity contribution in [3.8, 4) is 17.2 Å². The third-order valence-electron chi connectivity index (χ3n) is 11.2. The van der Waals surface area contributed by atoms with Crippen LogP contribution in [0.2, 0.25) is 5.02 Å². The molecule has 46 heavy (non-hydrogen) atoms. The van der Waals surface area contributed by atoms with Gasteiger partial charge < -0.3 is 24.4 Å². The summed E-state index contributed by atoms with van der Waals surface area (Å²) < 4.78 is 47.9. The molecule has 2 N–H and O–H groups in total. The van der Waals surface area contributed by atoms with Crippen molar-refractivity contribution in [1.29, 1.82) is 0 Å². The van der Waals surface area contributed by atoms with Gasteiger partial charge in [0.05, 0.1) is 16.7 Å². The van der Waals surface area contributed by atoms with E-state index in [9.17, 15) is 29.0 Å². The molecule has 0 amide bonds.